The standard InChI is InChI=1S/C18H23NO2/c1-13(2)15-10-11-17(3)18(15,4)19(16(20)21-17)12-14-8-6-5-7-9-14/h5-9,15H,1,10-12H2,2-4H3/t15-,17+,18+/m0/s1. The minimum Gasteiger partial charge on any atom is -0.441 e. The molecule has 1 saturated heterocycles. The second kappa shape index (κ2) is 4.62. The zero-order chi connectivity index (χ0) is 15.3. The van der Waals surface area contributed by atoms with Crippen LogP contribution in [0.3, 0.4) is 0 Å². The number of carbonyl (C=O) groups excluding carboxylic acids is 1. The number of amides is 1. The Balaban J connectivity index is 1.99. The lowest BCUT2D eigenvalue weighted by Crippen LogP contribution is -2.55. The number of hydrogen-bond donors (Lipinski definition) is 0. The molecule has 2 aliphatic rings. The van der Waals surface area contributed by atoms with Crippen molar-refractivity contribution in [1.29, 1.82) is 0 Å². The average Bonchev–Trinajstić information content (AvgIpc) is 2.79. The summed E-state index contributed by atoms with van der Waals surface area (Å²) < 4.78 is 5.79. The fourth-order valence-corrected chi connectivity index (χ4v) is 4.11. The first-order chi connectivity index (χ1) is 9.88. The molecule has 0 spiro atoms. The molecule has 2 fully saturated rings. The van der Waals surface area contributed by atoms with Crippen LogP contribution in [0.4, 0.5) is 4.79 Å². The van der Waals surface area contributed by atoms with Gasteiger partial charge in [-0.1, -0.05) is 42.5 Å². The molecule has 3 atom stereocenters. The van der Waals surface area contributed by atoms with E-state index in [1.54, 1.807) is 0 Å². The maximum absolute atomic E-state index is 12.4. The fourth-order valence-electron chi connectivity index (χ4n) is 4.11. The van der Waals surface area contributed by atoms with E-state index in [4.69, 9.17) is 4.74 Å². The summed E-state index contributed by atoms with van der Waals surface area (Å²) in [5.41, 5.74) is 1.54. The molecule has 1 aliphatic heterocycles. The lowest BCUT2D eigenvalue weighted by Gasteiger charge is -2.41. The van der Waals surface area contributed by atoms with Crippen LogP contribution in [0, 0.1) is 5.92 Å². The van der Waals surface area contributed by atoms with Gasteiger partial charge < -0.3 is 4.74 Å². The van der Waals surface area contributed by atoms with Gasteiger partial charge in [-0.25, -0.2) is 4.79 Å². The van der Waals surface area contributed by atoms with Gasteiger partial charge in [-0.05, 0) is 39.2 Å². The molecular weight excluding hydrogens is 262 g/mol. The average molecular weight is 285 g/mol. The van der Waals surface area contributed by atoms with Gasteiger partial charge in [0.2, 0.25) is 0 Å². The Morgan fingerprint density at radius 3 is 2.67 bits per heavy atom. The number of hydrogen-bond acceptors (Lipinski definition) is 2. The summed E-state index contributed by atoms with van der Waals surface area (Å²) in [5, 5.41) is 0. The van der Waals surface area contributed by atoms with Crippen molar-refractivity contribution >= 4 is 6.09 Å². The summed E-state index contributed by atoms with van der Waals surface area (Å²) in [6, 6.07) is 10.1. The molecule has 0 unspecified atom stereocenters. The molecule has 0 N–H and O–H groups in total. The zero-order valence-electron chi connectivity index (χ0n) is 13.1. The van der Waals surface area contributed by atoms with Crippen LogP contribution in [0.1, 0.15) is 39.2 Å². The van der Waals surface area contributed by atoms with Gasteiger partial charge in [0.15, 0.2) is 0 Å². The van der Waals surface area contributed by atoms with Crippen LogP contribution in [-0.4, -0.2) is 22.1 Å². The van der Waals surface area contributed by atoms with Gasteiger partial charge >= 0.3 is 6.09 Å². The highest BCUT2D eigenvalue weighted by Gasteiger charge is 2.66. The van der Waals surface area contributed by atoms with Crippen LogP contribution in [0.5, 0.6) is 0 Å². The first-order valence-electron chi connectivity index (χ1n) is 7.58. The zero-order valence-corrected chi connectivity index (χ0v) is 13.1. The Hall–Kier alpha value is -1.77. The second-order valence-corrected chi connectivity index (χ2v) is 6.76. The molecule has 0 radical (unpaired) electrons. The van der Waals surface area contributed by atoms with Crippen molar-refractivity contribution in [1.82, 2.24) is 4.90 Å². The van der Waals surface area contributed by atoms with Crippen molar-refractivity contribution in [3.8, 4) is 0 Å². The van der Waals surface area contributed by atoms with E-state index >= 15 is 0 Å². The molecule has 1 heterocycles. The largest absolute Gasteiger partial charge is 0.441 e. The Bertz CT molecular complexity index is 582. The van der Waals surface area contributed by atoms with E-state index in [0.717, 1.165) is 24.0 Å². The Kier molecular flexibility index (Phi) is 3.12. The number of ether oxygens (including phenoxy) is 1. The topological polar surface area (TPSA) is 29.5 Å². The SMILES string of the molecule is C=C(C)[C@@H]1CC[C@@]2(C)OC(=O)N(Cc3ccccc3)[C@]12C. The van der Waals surface area contributed by atoms with E-state index < -0.39 is 5.60 Å². The normalized spacial score (nSPS) is 34.7. The molecule has 1 amide bonds. The highest BCUT2D eigenvalue weighted by Crippen LogP contribution is 2.56. The van der Waals surface area contributed by atoms with Crippen molar-refractivity contribution in [2.45, 2.75) is 51.3 Å². The van der Waals surface area contributed by atoms with Gasteiger partial charge in [-0.3, -0.25) is 4.90 Å². The van der Waals surface area contributed by atoms with Crippen LogP contribution in [0.15, 0.2) is 42.5 Å². The lowest BCUT2D eigenvalue weighted by atomic mass is 9.76. The van der Waals surface area contributed by atoms with Crippen molar-refractivity contribution in [2.75, 3.05) is 0 Å². The van der Waals surface area contributed by atoms with Crippen LogP contribution < -0.4 is 0 Å². The van der Waals surface area contributed by atoms with Crippen LogP contribution in [-0.2, 0) is 11.3 Å². The van der Waals surface area contributed by atoms with E-state index in [0.29, 0.717) is 6.54 Å². The summed E-state index contributed by atoms with van der Waals surface area (Å²) in [4.78, 5) is 14.4. The molecule has 112 valence electrons. The van der Waals surface area contributed by atoms with Gasteiger partial charge in [0.25, 0.3) is 0 Å². The highest BCUT2D eigenvalue weighted by molar-refractivity contribution is 5.73. The lowest BCUT2D eigenvalue weighted by molar-refractivity contribution is 0.0213. The molecular formula is C18H23NO2. The third-order valence-electron chi connectivity index (χ3n) is 5.53. The van der Waals surface area contributed by atoms with Crippen LogP contribution in [0.25, 0.3) is 0 Å². The van der Waals surface area contributed by atoms with Crippen molar-refractivity contribution < 1.29 is 9.53 Å². The van der Waals surface area contributed by atoms with E-state index in [1.165, 1.54) is 0 Å². The summed E-state index contributed by atoms with van der Waals surface area (Å²) in [5.74, 6) is 0.290. The van der Waals surface area contributed by atoms with E-state index in [1.807, 2.05) is 23.1 Å². The minimum absolute atomic E-state index is 0.199. The molecule has 1 aliphatic carbocycles. The van der Waals surface area contributed by atoms with E-state index in [9.17, 15) is 4.79 Å². The van der Waals surface area contributed by atoms with Crippen LogP contribution >= 0.6 is 0 Å². The predicted octanol–water partition coefficient (Wildman–Crippen LogP) is 4.14. The molecule has 3 rings (SSSR count). The molecule has 1 aromatic rings. The van der Waals surface area contributed by atoms with Crippen molar-refractivity contribution in [2.24, 2.45) is 5.92 Å². The maximum atomic E-state index is 12.4. The Morgan fingerprint density at radius 1 is 1.38 bits per heavy atom. The van der Waals surface area contributed by atoms with Gasteiger partial charge in [0.05, 0.1) is 5.54 Å². The number of nitrogens with zero attached hydrogens (tertiary/aromatic N) is 1. The number of carbonyl (C=O) groups is 1. The Labute approximate surface area is 126 Å². The smallest absolute Gasteiger partial charge is 0.411 e. The molecule has 3 heteroatoms. The third kappa shape index (κ3) is 1.90. The number of benzene rings is 1. The first-order valence-corrected chi connectivity index (χ1v) is 7.58. The molecule has 0 bridgehead atoms. The quantitative estimate of drug-likeness (QED) is 0.781. The first kappa shape index (κ1) is 14.2. The van der Waals surface area contributed by atoms with Crippen molar-refractivity contribution in [3.05, 3.63) is 48.0 Å². The third-order valence-corrected chi connectivity index (χ3v) is 5.53. The summed E-state index contributed by atoms with van der Waals surface area (Å²) >= 11 is 0. The molecule has 3 nitrogen and oxygen atoms in total. The van der Waals surface area contributed by atoms with Gasteiger partial charge in [-0.2, -0.15) is 0 Å². The van der Waals surface area contributed by atoms with Gasteiger partial charge in [0, 0.05) is 12.5 Å². The predicted molar refractivity (Wildman–Crippen MR) is 82.8 cm³/mol. The molecule has 1 saturated carbocycles. The number of rotatable bonds is 3. The van der Waals surface area contributed by atoms with E-state index in [2.05, 4.69) is 39.5 Å². The van der Waals surface area contributed by atoms with Gasteiger partial charge in [0.1, 0.15) is 5.60 Å². The second-order valence-electron chi connectivity index (χ2n) is 6.76. The van der Waals surface area contributed by atoms with Crippen LogP contribution in [0.2, 0.25) is 0 Å². The molecule has 0 aromatic heterocycles. The minimum atomic E-state index is -0.414. The summed E-state index contributed by atoms with van der Waals surface area (Å²) in [7, 11) is 0. The van der Waals surface area contributed by atoms with E-state index in [-0.39, 0.29) is 17.6 Å². The monoisotopic (exact) mass is 285 g/mol. The Morgan fingerprint density at radius 2 is 2.05 bits per heavy atom. The summed E-state index contributed by atoms with van der Waals surface area (Å²) in [6.45, 7) is 11.0. The fraction of sp³-hybridized carbons (Fsp3) is 0.500. The highest BCUT2D eigenvalue weighted by atomic mass is 16.6. The van der Waals surface area contributed by atoms with Crippen molar-refractivity contribution in [3.63, 3.8) is 0 Å². The number of fused-ring (bicyclic) bond motifs is 1. The molecule has 21 heavy (non-hydrogen) atoms. The maximum Gasteiger partial charge on any atom is 0.411 e. The summed E-state index contributed by atoms with van der Waals surface area (Å²) in [6.07, 6.45) is 1.73. The van der Waals surface area contributed by atoms with Gasteiger partial charge in [-0.15, -0.1) is 0 Å². The molecule has 1 aromatic carbocycles.